The summed E-state index contributed by atoms with van der Waals surface area (Å²) in [4.78, 5) is 19.5. The highest BCUT2D eigenvalue weighted by atomic mass is 16.1. The SMILES string of the molecule is C/C=C/C=C/C(=O)Nc1ccc(-n2cncn2)nc1. The van der Waals surface area contributed by atoms with Gasteiger partial charge < -0.3 is 5.32 Å². The van der Waals surface area contributed by atoms with Gasteiger partial charge in [-0.3, -0.25) is 4.79 Å². The zero-order valence-corrected chi connectivity index (χ0v) is 10.4. The Kier molecular flexibility index (Phi) is 4.17. The van der Waals surface area contributed by atoms with E-state index in [2.05, 4.69) is 20.4 Å². The van der Waals surface area contributed by atoms with Gasteiger partial charge in [0.2, 0.25) is 5.91 Å². The van der Waals surface area contributed by atoms with E-state index in [1.165, 1.54) is 17.1 Å². The Bertz CT molecular complexity index is 584. The predicted molar refractivity (Wildman–Crippen MR) is 71.7 cm³/mol. The Labute approximate surface area is 110 Å². The van der Waals surface area contributed by atoms with Crippen molar-refractivity contribution >= 4 is 11.6 Å². The normalized spacial score (nSPS) is 11.2. The average Bonchev–Trinajstić information content (AvgIpc) is 2.94. The van der Waals surface area contributed by atoms with Crippen LogP contribution in [0.5, 0.6) is 0 Å². The van der Waals surface area contributed by atoms with Gasteiger partial charge in [0.15, 0.2) is 5.82 Å². The summed E-state index contributed by atoms with van der Waals surface area (Å²) >= 11 is 0. The number of pyridine rings is 1. The first-order valence-electron chi connectivity index (χ1n) is 5.71. The smallest absolute Gasteiger partial charge is 0.248 e. The molecular formula is C13H13N5O. The molecule has 2 aromatic rings. The maximum Gasteiger partial charge on any atom is 0.248 e. The van der Waals surface area contributed by atoms with E-state index in [1.807, 2.05) is 13.0 Å². The molecule has 0 saturated heterocycles. The summed E-state index contributed by atoms with van der Waals surface area (Å²) in [5, 5.41) is 6.67. The Morgan fingerprint density at radius 2 is 2.26 bits per heavy atom. The molecule has 1 amide bonds. The molecule has 0 aliphatic carbocycles. The van der Waals surface area contributed by atoms with Crippen LogP contribution in [0.15, 0.2) is 55.3 Å². The molecule has 0 fully saturated rings. The minimum absolute atomic E-state index is 0.201. The number of amides is 1. The second kappa shape index (κ2) is 6.25. The molecule has 0 radical (unpaired) electrons. The number of carbonyl (C=O) groups excluding carboxylic acids is 1. The van der Waals surface area contributed by atoms with E-state index in [0.29, 0.717) is 11.5 Å². The predicted octanol–water partition coefficient (Wildman–Crippen LogP) is 1.73. The number of nitrogens with one attached hydrogen (secondary N) is 1. The van der Waals surface area contributed by atoms with E-state index in [4.69, 9.17) is 0 Å². The third kappa shape index (κ3) is 3.60. The average molecular weight is 255 g/mol. The second-order valence-electron chi connectivity index (χ2n) is 3.62. The van der Waals surface area contributed by atoms with Crippen LogP contribution >= 0.6 is 0 Å². The summed E-state index contributed by atoms with van der Waals surface area (Å²) in [5.41, 5.74) is 0.624. The molecule has 6 heteroatoms. The quantitative estimate of drug-likeness (QED) is 0.667. The lowest BCUT2D eigenvalue weighted by atomic mass is 10.3. The number of anilines is 1. The third-order valence-electron chi connectivity index (χ3n) is 2.22. The summed E-state index contributed by atoms with van der Waals surface area (Å²) in [6, 6.07) is 3.51. The number of hydrogen-bond donors (Lipinski definition) is 1. The van der Waals surface area contributed by atoms with Crippen molar-refractivity contribution in [2.75, 3.05) is 5.32 Å². The lowest BCUT2D eigenvalue weighted by Gasteiger charge is -2.03. The van der Waals surface area contributed by atoms with Gasteiger partial charge in [-0.05, 0) is 19.1 Å². The topological polar surface area (TPSA) is 72.7 Å². The molecule has 0 saturated carbocycles. The molecule has 0 aliphatic rings. The van der Waals surface area contributed by atoms with Crippen LogP contribution in [0.4, 0.5) is 5.69 Å². The van der Waals surface area contributed by atoms with Crippen LogP contribution in [0.3, 0.4) is 0 Å². The first-order valence-corrected chi connectivity index (χ1v) is 5.71. The van der Waals surface area contributed by atoms with Crippen molar-refractivity contribution in [3.63, 3.8) is 0 Å². The fourth-order valence-corrected chi connectivity index (χ4v) is 1.36. The van der Waals surface area contributed by atoms with Crippen molar-refractivity contribution in [2.45, 2.75) is 6.92 Å². The number of rotatable bonds is 4. The molecule has 0 bridgehead atoms. The largest absolute Gasteiger partial charge is 0.321 e. The molecule has 96 valence electrons. The van der Waals surface area contributed by atoms with Crippen molar-refractivity contribution in [1.29, 1.82) is 0 Å². The zero-order valence-electron chi connectivity index (χ0n) is 10.4. The van der Waals surface area contributed by atoms with Gasteiger partial charge in [-0.2, -0.15) is 5.10 Å². The van der Waals surface area contributed by atoms with Crippen molar-refractivity contribution in [2.24, 2.45) is 0 Å². The van der Waals surface area contributed by atoms with Crippen LogP contribution in [-0.2, 0) is 4.79 Å². The maximum absolute atomic E-state index is 11.5. The Hall–Kier alpha value is -2.76. The Balaban J connectivity index is 2.01. The molecule has 1 N–H and O–H groups in total. The number of nitrogens with zero attached hydrogens (tertiary/aromatic N) is 4. The van der Waals surface area contributed by atoms with E-state index in [1.54, 1.807) is 36.8 Å². The summed E-state index contributed by atoms with van der Waals surface area (Å²) in [5.74, 6) is 0.438. The van der Waals surface area contributed by atoms with Gasteiger partial charge in [0.25, 0.3) is 0 Å². The van der Waals surface area contributed by atoms with Crippen LogP contribution in [0.2, 0.25) is 0 Å². The Morgan fingerprint density at radius 1 is 1.37 bits per heavy atom. The van der Waals surface area contributed by atoms with Crippen molar-refractivity contribution < 1.29 is 4.79 Å². The molecule has 2 heterocycles. The highest BCUT2D eigenvalue weighted by Crippen LogP contribution is 2.08. The van der Waals surface area contributed by atoms with Gasteiger partial charge in [-0.15, -0.1) is 0 Å². The van der Waals surface area contributed by atoms with Crippen LogP contribution in [0, 0.1) is 0 Å². The molecule has 19 heavy (non-hydrogen) atoms. The van der Waals surface area contributed by atoms with E-state index in [-0.39, 0.29) is 5.91 Å². The zero-order chi connectivity index (χ0) is 13.5. The van der Waals surface area contributed by atoms with E-state index in [0.717, 1.165) is 0 Å². The van der Waals surface area contributed by atoms with Gasteiger partial charge in [-0.25, -0.2) is 14.6 Å². The van der Waals surface area contributed by atoms with Gasteiger partial charge in [0.1, 0.15) is 12.7 Å². The van der Waals surface area contributed by atoms with Gasteiger partial charge in [-0.1, -0.05) is 18.2 Å². The minimum atomic E-state index is -0.201. The van der Waals surface area contributed by atoms with Crippen LogP contribution in [-0.4, -0.2) is 25.7 Å². The fourth-order valence-electron chi connectivity index (χ4n) is 1.36. The molecule has 0 unspecified atom stereocenters. The van der Waals surface area contributed by atoms with Crippen molar-refractivity contribution in [1.82, 2.24) is 19.7 Å². The highest BCUT2D eigenvalue weighted by molar-refractivity contribution is 5.99. The van der Waals surface area contributed by atoms with Gasteiger partial charge in [0.05, 0.1) is 11.9 Å². The molecule has 2 rings (SSSR count). The number of aromatic nitrogens is 4. The highest BCUT2D eigenvalue weighted by Gasteiger charge is 2.00. The summed E-state index contributed by atoms with van der Waals surface area (Å²) in [6.45, 7) is 1.88. The van der Waals surface area contributed by atoms with Gasteiger partial charge in [0, 0.05) is 6.08 Å². The van der Waals surface area contributed by atoms with Crippen LogP contribution in [0.25, 0.3) is 5.82 Å². The van der Waals surface area contributed by atoms with E-state index < -0.39 is 0 Å². The number of carbonyl (C=O) groups is 1. The van der Waals surface area contributed by atoms with Gasteiger partial charge >= 0.3 is 0 Å². The van der Waals surface area contributed by atoms with Crippen LogP contribution in [0.1, 0.15) is 6.92 Å². The molecule has 6 nitrogen and oxygen atoms in total. The number of allylic oxidation sites excluding steroid dienone is 3. The molecule has 0 atom stereocenters. The second-order valence-corrected chi connectivity index (χ2v) is 3.62. The molecule has 2 aromatic heterocycles. The Morgan fingerprint density at radius 3 is 2.89 bits per heavy atom. The van der Waals surface area contributed by atoms with Crippen LogP contribution < -0.4 is 5.32 Å². The monoisotopic (exact) mass is 255 g/mol. The lowest BCUT2D eigenvalue weighted by Crippen LogP contribution is -2.08. The lowest BCUT2D eigenvalue weighted by molar-refractivity contribution is -0.111. The van der Waals surface area contributed by atoms with E-state index >= 15 is 0 Å². The summed E-state index contributed by atoms with van der Waals surface area (Å²) in [7, 11) is 0. The van der Waals surface area contributed by atoms with Crippen molar-refractivity contribution in [3.05, 3.63) is 55.3 Å². The fraction of sp³-hybridized carbons (Fsp3) is 0.0769. The number of hydrogen-bond acceptors (Lipinski definition) is 4. The minimum Gasteiger partial charge on any atom is -0.321 e. The standard InChI is InChI=1S/C13H13N5O/c1-2-3-4-5-13(19)17-11-6-7-12(15-8-11)18-10-14-9-16-18/h2-10H,1H3,(H,17,19)/b3-2+,5-4+. The third-order valence-corrected chi connectivity index (χ3v) is 2.22. The van der Waals surface area contributed by atoms with E-state index in [9.17, 15) is 4.79 Å². The molecule has 0 spiro atoms. The maximum atomic E-state index is 11.5. The molecular weight excluding hydrogens is 242 g/mol. The van der Waals surface area contributed by atoms with Crippen molar-refractivity contribution in [3.8, 4) is 5.82 Å². The molecule has 0 aliphatic heterocycles. The first-order chi connectivity index (χ1) is 9.29. The molecule has 0 aromatic carbocycles. The first kappa shape index (κ1) is 12.7. The summed E-state index contributed by atoms with van der Waals surface area (Å²) in [6.07, 6.45) is 11.3. The summed E-state index contributed by atoms with van der Waals surface area (Å²) < 4.78 is 1.54.